The predicted molar refractivity (Wildman–Crippen MR) is 44.0 cm³/mol. The lowest BCUT2D eigenvalue weighted by atomic mass is 10.5. The summed E-state index contributed by atoms with van der Waals surface area (Å²) in [6.07, 6.45) is 3.30. The van der Waals surface area contributed by atoms with Crippen molar-refractivity contribution in [2.45, 2.75) is 6.42 Å². The van der Waals surface area contributed by atoms with Gasteiger partial charge in [-0.05, 0) is 13.3 Å². The molecule has 0 aliphatic rings. The first-order valence-corrected chi connectivity index (χ1v) is 1.52. The van der Waals surface area contributed by atoms with E-state index in [9.17, 15) is 0 Å². The van der Waals surface area contributed by atoms with Gasteiger partial charge in [-0.1, -0.05) is 0 Å². The van der Waals surface area contributed by atoms with Gasteiger partial charge in [-0.3, -0.25) is 4.99 Å². The van der Waals surface area contributed by atoms with E-state index in [0.717, 1.165) is 0 Å². The quantitative estimate of drug-likeness (QED) is 0.611. The highest BCUT2D eigenvalue weighted by molar-refractivity contribution is 8.93. The van der Waals surface area contributed by atoms with Crippen molar-refractivity contribution in [1.29, 1.82) is 0 Å². The highest BCUT2D eigenvalue weighted by atomic mass is 79.9. The number of halogens is 2. The van der Waals surface area contributed by atoms with E-state index < -0.39 is 0 Å². The number of aliphatic imine (C=N–C) groups is 1. The third-order valence-corrected chi connectivity index (χ3v) is 0.270. The molecule has 0 aliphatic heterocycles. The summed E-state index contributed by atoms with van der Waals surface area (Å²) < 4.78 is 0. The van der Waals surface area contributed by atoms with Crippen LogP contribution in [0.1, 0.15) is 6.42 Å². The lowest BCUT2D eigenvalue weighted by Gasteiger charge is -1.63. The van der Waals surface area contributed by atoms with Gasteiger partial charge in [-0.25, -0.2) is 0 Å². The number of rotatable bonds is 1. The minimum atomic E-state index is 0. The topological polar surface area (TPSA) is 12.4 Å². The van der Waals surface area contributed by atoms with Crippen molar-refractivity contribution < 1.29 is 0 Å². The maximum absolute atomic E-state index is 3.54. The van der Waals surface area contributed by atoms with Crippen molar-refractivity contribution >= 4 is 40.2 Å². The molecule has 2 radical (unpaired) electrons. The second-order valence-electron chi connectivity index (χ2n) is 0.632. The van der Waals surface area contributed by atoms with Crippen molar-refractivity contribution in [2.24, 2.45) is 4.99 Å². The van der Waals surface area contributed by atoms with Crippen LogP contribution < -0.4 is 0 Å². The van der Waals surface area contributed by atoms with Gasteiger partial charge < -0.3 is 0 Å². The third-order valence-electron chi connectivity index (χ3n) is 0.270. The zero-order valence-electron chi connectivity index (χ0n) is 4.18. The molecule has 0 N–H and O–H groups in total. The maximum Gasteiger partial charge on any atom is 0.0554 e. The molecule has 0 rings (SSSR count). The van der Waals surface area contributed by atoms with Crippen molar-refractivity contribution in [1.82, 2.24) is 0 Å². The first kappa shape index (κ1) is 15.6. The summed E-state index contributed by atoms with van der Waals surface area (Å²) in [5, 5.41) is 0. The Morgan fingerprint density at radius 3 is 2.00 bits per heavy atom. The second-order valence-corrected chi connectivity index (χ2v) is 0.632. The molecule has 0 heterocycles. The van der Waals surface area contributed by atoms with Crippen LogP contribution in [0.25, 0.3) is 0 Å². The van der Waals surface area contributed by atoms with E-state index in [4.69, 9.17) is 0 Å². The van der Waals surface area contributed by atoms with E-state index >= 15 is 0 Å². The molecule has 3 heteroatoms. The Kier molecular flexibility index (Phi) is 35.6. The largest absolute Gasteiger partial charge is 0.291 e. The summed E-state index contributed by atoms with van der Waals surface area (Å²) in [6.45, 7) is 3.47. The Morgan fingerprint density at radius 2 is 2.00 bits per heavy atom. The lowest BCUT2D eigenvalue weighted by Crippen LogP contribution is -1.61. The van der Waals surface area contributed by atoms with E-state index in [0.29, 0.717) is 6.42 Å². The van der Waals surface area contributed by atoms with Gasteiger partial charge in [0, 0.05) is 7.05 Å². The molecule has 0 unspecified atom stereocenters. The Labute approximate surface area is 65.8 Å². The van der Waals surface area contributed by atoms with Crippen molar-refractivity contribution in [3.63, 3.8) is 0 Å². The predicted octanol–water partition coefficient (Wildman–Crippen LogP) is 1.94. The monoisotopic (exact) mass is 229 g/mol. The van der Waals surface area contributed by atoms with Crippen LogP contribution >= 0.6 is 34.0 Å². The Hall–Kier alpha value is 0.630. The highest BCUT2D eigenvalue weighted by Gasteiger charge is 1.55. The summed E-state index contributed by atoms with van der Waals surface area (Å²) >= 11 is 0. The molecule has 1 nitrogen and oxygen atoms in total. The van der Waals surface area contributed by atoms with Crippen molar-refractivity contribution in [2.75, 3.05) is 7.05 Å². The van der Waals surface area contributed by atoms with Gasteiger partial charge >= 0.3 is 0 Å². The average molecular weight is 231 g/mol. The van der Waals surface area contributed by atoms with Gasteiger partial charge in [-0.2, -0.15) is 0 Å². The van der Waals surface area contributed by atoms with Crippen LogP contribution in [0.15, 0.2) is 4.99 Å². The molecule has 7 heavy (non-hydrogen) atoms. The van der Waals surface area contributed by atoms with E-state index in [2.05, 4.69) is 18.1 Å². The van der Waals surface area contributed by atoms with Gasteiger partial charge in [0.2, 0.25) is 0 Å². The van der Waals surface area contributed by atoms with Gasteiger partial charge in [-0.15, -0.1) is 34.0 Å². The molecular weight excluding hydrogens is 222 g/mol. The van der Waals surface area contributed by atoms with Crippen LogP contribution in [0, 0.1) is 6.92 Å². The van der Waals surface area contributed by atoms with Gasteiger partial charge in [0.15, 0.2) is 0 Å². The van der Waals surface area contributed by atoms with Crippen LogP contribution in [-0.4, -0.2) is 13.3 Å². The maximum atomic E-state index is 3.54. The fourth-order valence-electron chi connectivity index (χ4n) is 0.112. The fraction of sp³-hybridized carbons (Fsp3) is 0.500. The van der Waals surface area contributed by atoms with E-state index in [1.807, 2.05) is 0 Å². The second kappa shape index (κ2) is 15.9. The summed E-state index contributed by atoms with van der Waals surface area (Å²) in [7, 11) is 1.69. The Morgan fingerprint density at radius 1 is 1.57 bits per heavy atom. The number of hydrogen-bond donors (Lipinski definition) is 0. The highest BCUT2D eigenvalue weighted by Crippen LogP contribution is 1.59. The lowest BCUT2D eigenvalue weighted by molar-refractivity contribution is 1.41. The first-order chi connectivity index (χ1) is 2.41. The van der Waals surface area contributed by atoms with E-state index in [-0.39, 0.29) is 34.0 Å². The first-order valence-electron chi connectivity index (χ1n) is 1.52. The standard InChI is InChI=1S/C4H7N.2BrH/c1-3-4-5-2;;/h1,3H2,2H3;2*1H. The summed E-state index contributed by atoms with van der Waals surface area (Å²) in [6, 6.07) is 0. The van der Waals surface area contributed by atoms with Gasteiger partial charge in [0.05, 0.1) is 6.21 Å². The van der Waals surface area contributed by atoms with Crippen LogP contribution in [0.4, 0.5) is 0 Å². The van der Waals surface area contributed by atoms with Gasteiger partial charge in [0.25, 0.3) is 0 Å². The van der Waals surface area contributed by atoms with Crippen LogP contribution in [0.5, 0.6) is 0 Å². The molecule has 0 saturated heterocycles. The molecule has 0 fully saturated rings. The normalized spacial score (nSPS) is 7.14. The van der Waals surface area contributed by atoms with Crippen molar-refractivity contribution in [3.05, 3.63) is 6.92 Å². The van der Waals surface area contributed by atoms with Crippen LogP contribution in [0.2, 0.25) is 0 Å². The molecule has 0 aromatic heterocycles. The molecule has 0 saturated carbocycles. The third kappa shape index (κ3) is 20.5. The zero-order chi connectivity index (χ0) is 4.12. The van der Waals surface area contributed by atoms with Crippen LogP contribution in [0.3, 0.4) is 0 Å². The molecule has 0 bridgehead atoms. The summed E-state index contributed by atoms with van der Waals surface area (Å²) in [5.41, 5.74) is 0. The number of nitrogens with zero attached hydrogens (tertiary/aromatic N) is 1. The SMILES string of the molecule is Br.Br.[CH2]C/[C]=N/C. The fourth-order valence-corrected chi connectivity index (χ4v) is 0.112. The van der Waals surface area contributed by atoms with Gasteiger partial charge in [0.1, 0.15) is 0 Å². The molecule has 0 aromatic rings. The molecule has 0 atom stereocenters. The molecular formula is C4H9Br2N. The average Bonchev–Trinajstić information content (AvgIpc) is 1.41. The molecule has 0 aromatic carbocycles. The Balaban J connectivity index is -0.0000000800. The van der Waals surface area contributed by atoms with E-state index in [1.165, 1.54) is 0 Å². The molecule has 0 aliphatic carbocycles. The van der Waals surface area contributed by atoms with E-state index in [1.54, 1.807) is 7.05 Å². The molecule has 0 amide bonds. The zero-order valence-corrected chi connectivity index (χ0v) is 7.60. The summed E-state index contributed by atoms with van der Waals surface area (Å²) in [4.78, 5) is 3.54. The smallest absolute Gasteiger partial charge is 0.0554 e. The minimum Gasteiger partial charge on any atom is -0.291 e. The number of hydrogen-bond acceptors (Lipinski definition) is 1. The minimum absolute atomic E-state index is 0. The Bertz CT molecular complexity index is 36.7. The summed E-state index contributed by atoms with van der Waals surface area (Å²) in [5.74, 6) is 0. The van der Waals surface area contributed by atoms with Crippen molar-refractivity contribution in [3.8, 4) is 0 Å². The molecule has 44 valence electrons. The molecule has 0 spiro atoms. The van der Waals surface area contributed by atoms with Crippen LogP contribution in [-0.2, 0) is 0 Å².